The third-order valence-corrected chi connectivity index (χ3v) is 4.54. The van der Waals surface area contributed by atoms with Crippen molar-refractivity contribution in [3.63, 3.8) is 0 Å². The Balaban J connectivity index is 1.71. The molecule has 3 aromatic rings. The van der Waals surface area contributed by atoms with Gasteiger partial charge < -0.3 is 5.32 Å². The lowest BCUT2D eigenvalue weighted by Crippen LogP contribution is -2.33. The van der Waals surface area contributed by atoms with E-state index in [1.165, 1.54) is 4.68 Å². The Morgan fingerprint density at radius 1 is 1.12 bits per heavy atom. The smallest absolute Gasteiger partial charge is 0.273 e. The van der Waals surface area contributed by atoms with Crippen molar-refractivity contribution in [2.24, 2.45) is 0 Å². The summed E-state index contributed by atoms with van der Waals surface area (Å²) >= 11 is 6.13. The summed E-state index contributed by atoms with van der Waals surface area (Å²) < 4.78 is 1.17. The van der Waals surface area contributed by atoms with E-state index in [0.717, 1.165) is 5.56 Å². The SMILES string of the molecule is CC(NC(=O)CCn1[nH]c(=O)c2ccccc2c1=O)c1ccccc1Cl. The fourth-order valence-corrected chi connectivity index (χ4v) is 3.13. The predicted octanol–water partition coefficient (Wildman–Crippen LogP) is 2.61. The topological polar surface area (TPSA) is 84.0 Å². The number of nitrogens with one attached hydrogen (secondary N) is 2. The van der Waals surface area contributed by atoms with Gasteiger partial charge in [-0.2, -0.15) is 0 Å². The van der Waals surface area contributed by atoms with E-state index in [2.05, 4.69) is 10.4 Å². The summed E-state index contributed by atoms with van der Waals surface area (Å²) in [5.74, 6) is -0.238. The number of hydrogen-bond donors (Lipinski definition) is 2. The molecule has 0 aliphatic carbocycles. The maximum Gasteiger partial charge on any atom is 0.273 e. The first-order valence-corrected chi connectivity index (χ1v) is 8.61. The highest BCUT2D eigenvalue weighted by Gasteiger charge is 2.13. The molecule has 0 bridgehead atoms. The molecule has 0 aliphatic heterocycles. The summed E-state index contributed by atoms with van der Waals surface area (Å²) in [5, 5.41) is 6.62. The highest BCUT2D eigenvalue weighted by molar-refractivity contribution is 6.31. The summed E-state index contributed by atoms with van der Waals surface area (Å²) in [6.07, 6.45) is 0.0585. The minimum absolute atomic E-state index is 0.0585. The van der Waals surface area contributed by atoms with Gasteiger partial charge >= 0.3 is 0 Å². The molecule has 134 valence electrons. The number of H-pyrrole nitrogens is 1. The second-order valence-electron chi connectivity index (χ2n) is 6.00. The minimum atomic E-state index is -0.356. The molecule has 2 N–H and O–H groups in total. The van der Waals surface area contributed by atoms with Crippen LogP contribution in [0.1, 0.15) is 24.9 Å². The Bertz CT molecular complexity index is 1070. The van der Waals surface area contributed by atoms with E-state index in [1.54, 1.807) is 30.3 Å². The standard InChI is InChI=1S/C19H18ClN3O3/c1-12(13-6-4-5-9-16(13)20)21-17(24)10-11-23-19(26)15-8-3-2-7-14(15)18(25)22-23/h2-9,12H,10-11H2,1H3,(H,21,24)(H,22,25). The molecule has 2 aromatic carbocycles. The zero-order valence-corrected chi connectivity index (χ0v) is 14.9. The van der Waals surface area contributed by atoms with Gasteiger partial charge in [0.25, 0.3) is 11.1 Å². The summed E-state index contributed by atoms with van der Waals surface area (Å²) in [7, 11) is 0. The molecule has 3 rings (SSSR count). The Hall–Kier alpha value is -2.86. The van der Waals surface area contributed by atoms with E-state index in [9.17, 15) is 14.4 Å². The van der Waals surface area contributed by atoms with Gasteiger partial charge in [-0.3, -0.25) is 19.5 Å². The first-order chi connectivity index (χ1) is 12.5. The number of aryl methyl sites for hydroxylation is 1. The van der Waals surface area contributed by atoms with Crippen molar-refractivity contribution in [3.8, 4) is 0 Å². The van der Waals surface area contributed by atoms with Crippen LogP contribution in [-0.2, 0) is 11.3 Å². The van der Waals surface area contributed by atoms with Crippen molar-refractivity contribution in [2.75, 3.05) is 0 Å². The lowest BCUT2D eigenvalue weighted by atomic mass is 10.1. The van der Waals surface area contributed by atoms with E-state index in [4.69, 9.17) is 11.6 Å². The van der Waals surface area contributed by atoms with Gasteiger partial charge in [0, 0.05) is 11.4 Å². The van der Waals surface area contributed by atoms with Crippen molar-refractivity contribution in [2.45, 2.75) is 25.9 Å². The van der Waals surface area contributed by atoms with Crippen LogP contribution in [0.15, 0.2) is 58.1 Å². The highest BCUT2D eigenvalue weighted by atomic mass is 35.5. The number of aromatic amines is 1. The van der Waals surface area contributed by atoms with Crippen LogP contribution >= 0.6 is 11.6 Å². The molecule has 7 heteroatoms. The number of amides is 1. The highest BCUT2D eigenvalue weighted by Crippen LogP contribution is 2.22. The van der Waals surface area contributed by atoms with Gasteiger partial charge in [0.2, 0.25) is 5.91 Å². The van der Waals surface area contributed by atoms with Gasteiger partial charge in [-0.05, 0) is 30.7 Å². The summed E-state index contributed by atoms with van der Waals surface area (Å²) in [6, 6.07) is 13.6. The molecule has 0 saturated carbocycles. The van der Waals surface area contributed by atoms with E-state index in [-0.39, 0.29) is 36.0 Å². The molecule has 1 unspecified atom stereocenters. The number of hydrogen-bond acceptors (Lipinski definition) is 3. The molecular formula is C19H18ClN3O3. The van der Waals surface area contributed by atoms with E-state index in [1.807, 2.05) is 25.1 Å². The van der Waals surface area contributed by atoms with Gasteiger partial charge in [0.1, 0.15) is 0 Å². The van der Waals surface area contributed by atoms with E-state index in [0.29, 0.717) is 15.8 Å². The predicted molar refractivity (Wildman–Crippen MR) is 101 cm³/mol. The van der Waals surface area contributed by atoms with Crippen LogP contribution in [0, 0.1) is 0 Å². The maximum absolute atomic E-state index is 12.4. The van der Waals surface area contributed by atoms with Crippen LogP contribution in [0.3, 0.4) is 0 Å². The number of rotatable bonds is 5. The lowest BCUT2D eigenvalue weighted by Gasteiger charge is -2.16. The Morgan fingerprint density at radius 2 is 1.77 bits per heavy atom. The quantitative estimate of drug-likeness (QED) is 0.723. The molecule has 1 atom stereocenters. The van der Waals surface area contributed by atoms with Crippen LogP contribution in [0.5, 0.6) is 0 Å². The average molecular weight is 372 g/mol. The molecule has 6 nitrogen and oxygen atoms in total. The first-order valence-electron chi connectivity index (χ1n) is 8.23. The molecule has 0 fully saturated rings. The van der Waals surface area contributed by atoms with Crippen molar-refractivity contribution < 1.29 is 4.79 Å². The molecule has 0 saturated heterocycles. The second kappa shape index (κ2) is 7.58. The number of fused-ring (bicyclic) bond motifs is 1. The van der Waals surface area contributed by atoms with Gasteiger partial charge in [-0.15, -0.1) is 0 Å². The van der Waals surface area contributed by atoms with E-state index >= 15 is 0 Å². The molecular weight excluding hydrogens is 354 g/mol. The molecule has 1 aromatic heterocycles. The number of nitrogens with zero attached hydrogens (tertiary/aromatic N) is 1. The normalized spacial score (nSPS) is 12.1. The van der Waals surface area contributed by atoms with Gasteiger partial charge in [0.15, 0.2) is 0 Å². The Morgan fingerprint density at radius 3 is 2.50 bits per heavy atom. The lowest BCUT2D eigenvalue weighted by molar-refractivity contribution is -0.122. The minimum Gasteiger partial charge on any atom is -0.349 e. The summed E-state index contributed by atoms with van der Waals surface area (Å²) in [4.78, 5) is 36.7. The van der Waals surface area contributed by atoms with Crippen LogP contribution in [0.4, 0.5) is 0 Å². The van der Waals surface area contributed by atoms with Crippen LogP contribution in [0.2, 0.25) is 5.02 Å². The van der Waals surface area contributed by atoms with Gasteiger partial charge in [-0.1, -0.05) is 41.9 Å². The zero-order chi connectivity index (χ0) is 18.7. The van der Waals surface area contributed by atoms with Crippen LogP contribution < -0.4 is 16.4 Å². The molecule has 0 aliphatic rings. The van der Waals surface area contributed by atoms with Crippen molar-refractivity contribution in [1.82, 2.24) is 15.1 Å². The zero-order valence-electron chi connectivity index (χ0n) is 14.2. The van der Waals surface area contributed by atoms with Gasteiger partial charge in [-0.25, -0.2) is 4.68 Å². The number of halogens is 1. The number of aromatic nitrogens is 2. The van der Waals surface area contributed by atoms with Crippen LogP contribution in [-0.4, -0.2) is 15.7 Å². The van der Waals surface area contributed by atoms with Crippen molar-refractivity contribution in [3.05, 3.63) is 79.8 Å². The summed E-state index contributed by atoms with van der Waals surface area (Å²) in [5.41, 5.74) is 0.135. The molecule has 0 radical (unpaired) electrons. The largest absolute Gasteiger partial charge is 0.349 e. The van der Waals surface area contributed by atoms with Crippen molar-refractivity contribution in [1.29, 1.82) is 0 Å². The molecule has 26 heavy (non-hydrogen) atoms. The summed E-state index contributed by atoms with van der Waals surface area (Å²) in [6.45, 7) is 1.92. The third kappa shape index (κ3) is 3.70. The molecule has 1 amide bonds. The molecule has 1 heterocycles. The van der Waals surface area contributed by atoms with Gasteiger partial charge in [0.05, 0.1) is 23.4 Å². The second-order valence-corrected chi connectivity index (χ2v) is 6.41. The van der Waals surface area contributed by atoms with Crippen molar-refractivity contribution >= 4 is 28.3 Å². The number of carbonyl (C=O) groups is 1. The van der Waals surface area contributed by atoms with E-state index < -0.39 is 0 Å². The molecule has 0 spiro atoms. The number of benzene rings is 2. The number of carbonyl (C=O) groups excluding carboxylic acids is 1. The first kappa shape index (κ1) is 17.9. The Labute approximate surface area is 154 Å². The monoisotopic (exact) mass is 371 g/mol. The third-order valence-electron chi connectivity index (χ3n) is 4.20. The maximum atomic E-state index is 12.4. The fraction of sp³-hybridized carbons (Fsp3) is 0.211. The Kier molecular flexibility index (Phi) is 5.23. The van der Waals surface area contributed by atoms with Crippen LogP contribution in [0.25, 0.3) is 10.8 Å². The average Bonchev–Trinajstić information content (AvgIpc) is 2.64. The fourth-order valence-electron chi connectivity index (χ4n) is 2.84.